The van der Waals surface area contributed by atoms with E-state index in [4.69, 9.17) is 0 Å². The van der Waals surface area contributed by atoms with Crippen LogP contribution >= 0.6 is 11.8 Å². The van der Waals surface area contributed by atoms with Crippen LogP contribution in [0.25, 0.3) is 6.08 Å². The summed E-state index contributed by atoms with van der Waals surface area (Å²) >= 11 is 1.28. The molecule has 2 aromatic heterocycles. The summed E-state index contributed by atoms with van der Waals surface area (Å²) < 4.78 is 3.85. The van der Waals surface area contributed by atoms with Crippen LogP contribution in [0.1, 0.15) is 30.0 Å². The van der Waals surface area contributed by atoms with Crippen LogP contribution in [0.2, 0.25) is 0 Å². The minimum atomic E-state index is -1.34. The van der Waals surface area contributed by atoms with Gasteiger partial charge in [0.15, 0.2) is 18.9 Å². The van der Waals surface area contributed by atoms with Crippen LogP contribution in [0.15, 0.2) is 47.4 Å². The molecule has 1 aliphatic carbocycles. The number of nitrogens with zero attached hydrogens (tertiary/aromatic N) is 5. The lowest BCUT2D eigenvalue weighted by Crippen LogP contribution is -2.52. The molecular formula is C19H17N5O3S. The summed E-state index contributed by atoms with van der Waals surface area (Å²) in [6.45, 7) is 1.44. The normalized spacial score (nSPS) is 22.2. The van der Waals surface area contributed by atoms with Gasteiger partial charge in [0, 0.05) is 12.1 Å². The fraction of sp³-hybridized carbons (Fsp3) is 0.316. The van der Waals surface area contributed by atoms with Crippen LogP contribution in [0.4, 0.5) is 0 Å². The molecule has 0 radical (unpaired) electrons. The molecule has 4 heterocycles. The molecule has 2 aromatic rings. The number of aryl methyl sites for hydroxylation is 2. The highest BCUT2D eigenvalue weighted by Crippen LogP contribution is 2.44. The molecule has 0 N–H and O–H groups in total. The van der Waals surface area contributed by atoms with E-state index in [0.717, 1.165) is 12.5 Å². The third-order valence-electron chi connectivity index (χ3n) is 5.16. The molecule has 3 aliphatic rings. The molecule has 1 atom stereocenters. The topological polar surface area (TPSA) is 95.0 Å². The minimum absolute atomic E-state index is 0.0782. The third-order valence-corrected chi connectivity index (χ3v) is 6.24. The number of hydrogen-bond donors (Lipinski definition) is 0. The number of fused-ring (bicyclic) bond motifs is 1. The highest BCUT2D eigenvalue weighted by molar-refractivity contribution is 8.03. The van der Waals surface area contributed by atoms with Gasteiger partial charge in [-0.2, -0.15) is 0 Å². The number of rotatable bonds is 6. The van der Waals surface area contributed by atoms with Crippen LogP contribution in [-0.4, -0.2) is 37.1 Å². The van der Waals surface area contributed by atoms with Crippen molar-refractivity contribution in [3.8, 4) is 0 Å². The van der Waals surface area contributed by atoms with Crippen LogP contribution in [0.5, 0.6) is 0 Å². The highest BCUT2D eigenvalue weighted by Gasteiger charge is 2.47. The second kappa shape index (κ2) is 6.59. The smallest absolute Gasteiger partial charge is 0.258 e. The van der Waals surface area contributed by atoms with Crippen molar-refractivity contribution in [3.63, 3.8) is 0 Å². The van der Waals surface area contributed by atoms with E-state index in [-0.39, 0.29) is 17.0 Å². The van der Waals surface area contributed by atoms with E-state index in [0.29, 0.717) is 17.8 Å². The van der Waals surface area contributed by atoms with E-state index in [9.17, 15) is 14.7 Å². The monoisotopic (exact) mass is 395 g/mol. The number of carbonyl (C=O) groups is 2. The Morgan fingerprint density at radius 2 is 2.14 bits per heavy atom. The molecular weight excluding hydrogens is 378 g/mol. The second-order valence-electron chi connectivity index (χ2n) is 7.10. The zero-order valence-electron chi connectivity index (χ0n) is 14.9. The Morgan fingerprint density at radius 1 is 1.36 bits per heavy atom. The molecule has 0 bridgehead atoms. The first-order chi connectivity index (χ1) is 13.6. The standard InChI is InChI=1S/C19H17N5O3S/c25-17-15(18-24(17)16(11-28-18)19(26)27)9-14-10-23(21-20-14)8-7-22-5-3-13(4-6-22)12-1-2-12/h3-6,9-12,18H,1-2,7-8H2/b15-9-/t18-/m1/s1. The summed E-state index contributed by atoms with van der Waals surface area (Å²) in [6.07, 6.45) is 10.2. The quantitative estimate of drug-likeness (QED) is 0.389. The molecule has 5 rings (SSSR count). The summed E-state index contributed by atoms with van der Waals surface area (Å²) in [5.41, 5.74) is 2.44. The largest absolute Gasteiger partial charge is 0.543 e. The lowest BCUT2D eigenvalue weighted by atomic mass is 10.0. The number of carbonyl (C=O) groups excluding carboxylic acids is 2. The number of amides is 1. The lowest BCUT2D eigenvalue weighted by molar-refractivity contribution is -0.698. The number of aromatic nitrogens is 4. The van der Waals surface area contributed by atoms with Crippen LogP contribution in [0, 0.1) is 0 Å². The van der Waals surface area contributed by atoms with Gasteiger partial charge in [-0.25, -0.2) is 9.25 Å². The van der Waals surface area contributed by atoms with Crippen LogP contribution < -0.4 is 9.67 Å². The van der Waals surface area contributed by atoms with E-state index >= 15 is 0 Å². The Balaban J connectivity index is 1.21. The maximum absolute atomic E-state index is 12.2. The highest BCUT2D eigenvalue weighted by atomic mass is 32.2. The molecule has 2 aliphatic heterocycles. The van der Waals surface area contributed by atoms with Crippen molar-refractivity contribution in [3.05, 3.63) is 58.7 Å². The van der Waals surface area contributed by atoms with Crippen molar-refractivity contribution < 1.29 is 19.3 Å². The summed E-state index contributed by atoms with van der Waals surface area (Å²) in [4.78, 5) is 24.5. The first kappa shape index (κ1) is 17.2. The third kappa shape index (κ3) is 3.01. The zero-order chi connectivity index (χ0) is 19.3. The molecule has 2 fully saturated rings. The Kier molecular flexibility index (Phi) is 4.04. The van der Waals surface area contributed by atoms with E-state index < -0.39 is 5.97 Å². The second-order valence-corrected chi connectivity index (χ2v) is 8.06. The number of pyridine rings is 1. The molecule has 0 unspecified atom stereocenters. The molecule has 142 valence electrons. The SMILES string of the molecule is O=C([O-])C1=CS[C@@H]2/C(=C\c3cn(CC[n+]4ccc(C5CC5)cc4)nn3)C(=O)N12. The van der Waals surface area contributed by atoms with E-state index in [2.05, 4.69) is 39.4 Å². The van der Waals surface area contributed by atoms with Gasteiger partial charge >= 0.3 is 0 Å². The first-order valence-corrected chi connectivity index (χ1v) is 10.1. The minimum Gasteiger partial charge on any atom is -0.543 e. The van der Waals surface area contributed by atoms with E-state index in [1.165, 1.54) is 40.5 Å². The van der Waals surface area contributed by atoms with Crippen LogP contribution in [0.3, 0.4) is 0 Å². The number of carboxylic acids is 1. The summed E-state index contributed by atoms with van der Waals surface area (Å²) in [6, 6.07) is 4.36. The van der Waals surface area contributed by atoms with Gasteiger partial charge in [-0.1, -0.05) is 5.21 Å². The number of aliphatic carboxylic acids is 1. The van der Waals surface area contributed by atoms with Crippen molar-refractivity contribution in [2.75, 3.05) is 0 Å². The average molecular weight is 395 g/mol. The summed E-state index contributed by atoms with van der Waals surface area (Å²) in [5.74, 6) is -0.913. The van der Waals surface area contributed by atoms with Crippen molar-refractivity contribution in [1.29, 1.82) is 0 Å². The number of β-lactam (4-membered cyclic amide) rings is 1. The Morgan fingerprint density at radius 3 is 2.86 bits per heavy atom. The van der Waals surface area contributed by atoms with Crippen molar-refractivity contribution >= 4 is 29.7 Å². The maximum atomic E-state index is 12.2. The number of carboxylic acid groups (broad SMARTS) is 1. The maximum Gasteiger partial charge on any atom is 0.258 e. The van der Waals surface area contributed by atoms with Crippen molar-refractivity contribution in [2.24, 2.45) is 0 Å². The molecule has 8 nitrogen and oxygen atoms in total. The average Bonchev–Trinajstić information content (AvgIpc) is 3.32. The molecule has 9 heteroatoms. The van der Waals surface area contributed by atoms with Gasteiger partial charge < -0.3 is 9.90 Å². The zero-order valence-corrected chi connectivity index (χ0v) is 15.7. The molecule has 1 saturated heterocycles. The lowest BCUT2D eigenvalue weighted by Gasteiger charge is -2.38. The van der Waals surface area contributed by atoms with Gasteiger partial charge in [0.1, 0.15) is 17.6 Å². The van der Waals surface area contributed by atoms with Gasteiger partial charge in [0.05, 0.1) is 23.4 Å². The predicted molar refractivity (Wildman–Crippen MR) is 97.9 cm³/mol. The molecule has 0 spiro atoms. The van der Waals surface area contributed by atoms with Gasteiger partial charge in [-0.15, -0.1) is 16.9 Å². The van der Waals surface area contributed by atoms with Gasteiger partial charge in [-0.05, 0) is 35.8 Å². The Labute approximate surface area is 165 Å². The van der Waals surface area contributed by atoms with E-state index in [1.54, 1.807) is 17.0 Å². The fourth-order valence-corrected chi connectivity index (χ4v) is 4.55. The van der Waals surface area contributed by atoms with Gasteiger partial charge in [0.25, 0.3) is 5.91 Å². The molecule has 28 heavy (non-hydrogen) atoms. The van der Waals surface area contributed by atoms with Gasteiger partial charge in [0.2, 0.25) is 0 Å². The predicted octanol–water partition coefficient (Wildman–Crippen LogP) is 0.0330. The molecule has 1 amide bonds. The Hall–Kier alpha value is -2.94. The first-order valence-electron chi connectivity index (χ1n) is 9.11. The van der Waals surface area contributed by atoms with Crippen molar-refractivity contribution in [2.45, 2.75) is 37.2 Å². The Bertz CT molecular complexity index is 1020. The molecule has 0 aromatic carbocycles. The van der Waals surface area contributed by atoms with Crippen molar-refractivity contribution in [1.82, 2.24) is 19.9 Å². The van der Waals surface area contributed by atoms with Crippen LogP contribution in [-0.2, 0) is 22.7 Å². The number of thioether (sulfide) groups is 1. The molecule has 1 saturated carbocycles. The summed E-state index contributed by atoms with van der Waals surface area (Å²) in [7, 11) is 0. The fourth-order valence-electron chi connectivity index (χ4n) is 3.43. The van der Waals surface area contributed by atoms with Gasteiger partial charge in [-0.3, -0.25) is 9.69 Å². The van der Waals surface area contributed by atoms with E-state index in [1.807, 2.05) is 0 Å². The summed E-state index contributed by atoms with van der Waals surface area (Å²) in [5, 5.41) is 20.4. The number of hydrogen-bond acceptors (Lipinski definition) is 6.